The quantitative estimate of drug-likeness (QED) is 0.673. The Morgan fingerprint density at radius 3 is 2.56 bits per heavy atom. The van der Waals surface area contributed by atoms with Crippen molar-refractivity contribution >= 4 is 58.6 Å². The number of aliphatic carboxylic acids is 1. The molecule has 3 rings (SSSR count). The number of amides is 3. The largest absolute Gasteiger partial charge is 0.480 e. The second kappa shape index (κ2) is 6.26. The molecule has 0 saturated carbocycles. The Labute approximate surface area is 158 Å². The predicted octanol–water partition coefficient (Wildman–Crippen LogP) is 2.63. The number of carbonyl (C=O) groups is 3. The van der Waals surface area contributed by atoms with Crippen LogP contribution in [0.1, 0.15) is 13.8 Å². The van der Waals surface area contributed by atoms with E-state index in [4.69, 9.17) is 23.2 Å². The van der Waals surface area contributed by atoms with E-state index in [1.165, 1.54) is 22.7 Å². The molecule has 0 spiro atoms. The van der Waals surface area contributed by atoms with Gasteiger partial charge in [-0.05, 0) is 32.0 Å². The molecule has 0 radical (unpaired) electrons. The Kier molecular flexibility index (Phi) is 4.55. The zero-order valence-corrected chi connectivity index (χ0v) is 15.6. The van der Waals surface area contributed by atoms with Gasteiger partial charge in [-0.1, -0.05) is 23.2 Å². The van der Waals surface area contributed by atoms with Gasteiger partial charge in [0, 0.05) is 10.4 Å². The highest BCUT2D eigenvalue weighted by Crippen LogP contribution is 2.50. The highest BCUT2D eigenvalue weighted by molar-refractivity contribution is 8.01. The molecule has 10 heteroatoms. The van der Waals surface area contributed by atoms with Gasteiger partial charge in [0.05, 0.1) is 10.0 Å². The van der Waals surface area contributed by atoms with E-state index in [-0.39, 0.29) is 0 Å². The van der Waals surface area contributed by atoms with Crippen molar-refractivity contribution in [1.29, 1.82) is 0 Å². The molecule has 7 nitrogen and oxygen atoms in total. The van der Waals surface area contributed by atoms with Crippen LogP contribution in [-0.2, 0) is 9.59 Å². The smallest absolute Gasteiger partial charge is 0.327 e. The van der Waals surface area contributed by atoms with Crippen LogP contribution in [0.3, 0.4) is 0 Å². The lowest BCUT2D eigenvalue weighted by Crippen LogP contribution is -2.70. The topological polar surface area (TPSA) is 98.7 Å². The second-order valence-corrected chi connectivity index (χ2v) is 8.89. The third kappa shape index (κ3) is 3.14. The lowest BCUT2D eigenvalue weighted by Gasteiger charge is -2.43. The molecule has 1 aromatic rings. The minimum absolute atomic E-state index is 0.294. The molecule has 2 heterocycles. The zero-order chi connectivity index (χ0) is 18.5. The number of hydrogen-bond donors (Lipinski definition) is 3. The van der Waals surface area contributed by atoms with E-state index in [0.29, 0.717) is 15.7 Å². The molecule has 2 saturated heterocycles. The highest BCUT2D eigenvalue weighted by atomic mass is 35.5. The molecule has 2 aliphatic rings. The van der Waals surface area contributed by atoms with Crippen molar-refractivity contribution in [3.8, 4) is 0 Å². The SMILES string of the molecule is CC1(C)SC2C(NC(=O)Nc3ccc(Cl)c(Cl)c3)C(=O)N2C1C(=O)O. The molecule has 3 amide bonds. The van der Waals surface area contributed by atoms with Gasteiger partial charge >= 0.3 is 12.0 Å². The van der Waals surface area contributed by atoms with Gasteiger partial charge < -0.3 is 20.6 Å². The minimum atomic E-state index is -1.05. The van der Waals surface area contributed by atoms with Gasteiger partial charge in [-0.15, -0.1) is 11.8 Å². The molecular formula is C15H15Cl2N3O4S. The summed E-state index contributed by atoms with van der Waals surface area (Å²) >= 11 is 13.1. The number of β-lactam (4-membered cyclic amide) rings is 1. The molecule has 0 bridgehead atoms. The highest BCUT2D eigenvalue weighted by Gasteiger charge is 2.64. The lowest BCUT2D eigenvalue weighted by atomic mass is 9.96. The summed E-state index contributed by atoms with van der Waals surface area (Å²) in [6, 6.07) is 2.36. The maximum Gasteiger partial charge on any atom is 0.327 e. The molecule has 134 valence electrons. The number of carboxylic acid groups (broad SMARTS) is 1. The number of anilines is 1. The maximum absolute atomic E-state index is 12.3. The van der Waals surface area contributed by atoms with Crippen LogP contribution in [0, 0.1) is 0 Å². The molecule has 0 aliphatic carbocycles. The number of halogens is 2. The first kappa shape index (κ1) is 18.2. The summed E-state index contributed by atoms with van der Waals surface area (Å²) < 4.78 is -0.636. The van der Waals surface area contributed by atoms with Crippen LogP contribution >= 0.6 is 35.0 Å². The third-order valence-electron chi connectivity index (χ3n) is 4.14. The van der Waals surface area contributed by atoms with Crippen molar-refractivity contribution in [3.63, 3.8) is 0 Å². The summed E-state index contributed by atoms with van der Waals surface area (Å²) in [7, 11) is 0. The van der Waals surface area contributed by atoms with E-state index < -0.39 is 40.1 Å². The summed E-state index contributed by atoms with van der Waals surface area (Å²) in [5.41, 5.74) is 0.429. The fourth-order valence-electron chi connectivity index (χ4n) is 3.03. The molecule has 1 aromatic carbocycles. The van der Waals surface area contributed by atoms with Crippen LogP contribution in [0.5, 0.6) is 0 Å². The first-order chi connectivity index (χ1) is 11.6. The number of hydrogen-bond acceptors (Lipinski definition) is 4. The van der Waals surface area contributed by atoms with E-state index in [1.807, 2.05) is 0 Å². The second-order valence-electron chi connectivity index (χ2n) is 6.30. The van der Waals surface area contributed by atoms with Gasteiger partial charge in [-0.3, -0.25) is 4.79 Å². The Bertz CT molecular complexity index is 773. The van der Waals surface area contributed by atoms with Crippen molar-refractivity contribution in [2.24, 2.45) is 0 Å². The number of nitrogens with one attached hydrogen (secondary N) is 2. The van der Waals surface area contributed by atoms with Gasteiger partial charge in [-0.25, -0.2) is 9.59 Å². The van der Waals surface area contributed by atoms with Crippen LogP contribution in [-0.4, -0.2) is 50.1 Å². The van der Waals surface area contributed by atoms with E-state index in [0.717, 1.165) is 0 Å². The molecule has 3 unspecified atom stereocenters. The molecule has 0 aromatic heterocycles. The molecule has 3 atom stereocenters. The van der Waals surface area contributed by atoms with Crippen LogP contribution in [0.15, 0.2) is 18.2 Å². The van der Waals surface area contributed by atoms with Crippen molar-refractivity contribution in [1.82, 2.24) is 10.2 Å². The van der Waals surface area contributed by atoms with Crippen LogP contribution in [0.25, 0.3) is 0 Å². The number of carboxylic acids is 1. The van der Waals surface area contributed by atoms with Gasteiger partial charge in [0.2, 0.25) is 5.91 Å². The van der Waals surface area contributed by atoms with Crippen LogP contribution in [0.2, 0.25) is 10.0 Å². The number of thioether (sulfide) groups is 1. The van der Waals surface area contributed by atoms with Crippen molar-refractivity contribution in [2.75, 3.05) is 5.32 Å². The Balaban J connectivity index is 1.66. The summed E-state index contributed by atoms with van der Waals surface area (Å²) in [6.45, 7) is 3.55. The lowest BCUT2D eigenvalue weighted by molar-refractivity contribution is -0.159. The maximum atomic E-state index is 12.3. The fraction of sp³-hybridized carbons (Fsp3) is 0.400. The molecule has 3 N–H and O–H groups in total. The zero-order valence-electron chi connectivity index (χ0n) is 13.2. The standard InChI is InChI=1S/C15H15Cl2N3O4S/c1-15(2)10(13(22)23)20-11(21)9(12(20)25-15)19-14(24)18-6-3-4-7(16)8(17)5-6/h3-5,9-10,12H,1-2H3,(H,22,23)(H2,18,19,24). The first-order valence-electron chi connectivity index (χ1n) is 7.37. The van der Waals surface area contributed by atoms with E-state index in [1.54, 1.807) is 26.0 Å². The Hall–Kier alpha value is -1.64. The van der Waals surface area contributed by atoms with E-state index in [2.05, 4.69) is 10.6 Å². The Morgan fingerprint density at radius 2 is 1.96 bits per heavy atom. The summed E-state index contributed by atoms with van der Waals surface area (Å²) in [6.07, 6.45) is 0. The molecule has 2 aliphatic heterocycles. The Morgan fingerprint density at radius 1 is 1.28 bits per heavy atom. The van der Waals surface area contributed by atoms with Gasteiger partial charge in [0.15, 0.2) is 0 Å². The van der Waals surface area contributed by atoms with Crippen molar-refractivity contribution in [2.45, 2.75) is 36.1 Å². The third-order valence-corrected chi connectivity index (χ3v) is 6.45. The number of benzene rings is 1. The predicted molar refractivity (Wildman–Crippen MR) is 96.1 cm³/mol. The number of carbonyl (C=O) groups excluding carboxylic acids is 2. The number of fused-ring (bicyclic) bond motifs is 1. The summed E-state index contributed by atoms with van der Waals surface area (Å²) in [4.78, 5) is 37.2. The van der Waals surface area contributed by atoms with Gasteiger partial charge in [0.25, 0.3) is 0 Å². The minimum Gasteiger partial charge on any atom is -0.480 e. The summed E-state index contributed by atoms with van der Waals surface area (Å²) in [5.74, 6) is -1.45. The summed E-state index contributed by atoms with van der Waals surface area (Å²) in [5, 5.41) is 14.8. The van der Waals surface area contributed by atoms with E-state index >= 15 is 0 Å². The van der Waals surface area contributed by atoms with Crippen molar-refractivity contribution in [3.05, 3.63) is 28.2 Å². The monoisotopic (exact) mass is 403 g/mol. The van der Waals surface area contributed by atoms with E-state index in [9.17, 15) is 19.5 Å². The van der Waals surface area contributed by atoms with Crippen LogP contribution in [0.4, 0.5) is 10.5 Å². The number of rotatable bonds is 3. The molecular weight excluding hydrogens is 389 g/mol. The number of nitrogens with zero attached hydrogens (tertiary/aromatic N) is 1. The van der Waals surface area contributed by atoms with Crippen LogP contribution < -0.4 is 10.6 Å². The molecule has 25 heavy (non-hydrogen) atoms. The first-order valence-corrected chi connectivity index (χ1v) is 9.01. The van der Waals surface area contributed by atoms with Gasteiger partial charge in [-0.2, -0.15) is 0 Å². The number of urea groups is 1. The fourth-order valence-corrected chi connectivity index (χ4v) is 4.95. The average molecular weight is 404 g/mol. The van der Waals surface area contributed by atoms with Gasteiger partial charge in [0.1, 0.15) is 17.5 Å². The van der Waals surface area contributed by atoms with Crippen molar-refractivity contribution < 1.29 is 19.5 Å². The molecule has 2 fully saturated rings. The normalized spacial score (nSPS) is 26.6. The average Bonchev–Trinajstić information content (AvgIpc) is 2.77.